The highest BCUT2D eigenvalue weighted by molar-refractivity contribution is 7.17. The average Bonchev–Trinajstić information content (AvgIpc) is 3.23. The molecule has 0 aliphatic heterocycles. The number of thiophene rings is 1. The zero-order chi connectivity index (χ0) is 22.0. The van der Waals surface area contributed by atoms with Crippen LogP contribution in [-0.4, -0.2) is 28.4 Å². The number of ether oxygens (including phenoxy) is 1. The van der Waals surface area contributed by atoms with Gasteiger partial charge in [0.15, 0.2) is 5.78 Å². The van der Waals surface area contributed by atoms with Crippen molar-refractivity contribution in [3.05, 3.63) is 87.2 Å². The number of nitrogens with zero attached hydrogens (tertiary/aromatic N) is 2. The molecule has 1 atom stereocenters. The van der Waals surface area contributed by atoms with E-state index in [9.17, 15) is 14.4 Å². The van der Waals surface area contributed by atoms with Crippen molar-refractivity contribution in [2.45, 2.75) is 12.5 Å². The molecule has 0 aliphatic carbocycles. The van der Waals surface area contributed by atoms with E-state index in [1.807, 2.05) is 17.5 Å². The molecule has 0 spiro atoms. The zero-order valence-corrected chi connectivity index (χ0v) is 18.0. The first kappa shape index (κ1) is 21.0. The molecule has 0 saturated heterocycles. The van der Waals surface area contributed by atoms with Crippen LogP contribution in [0.15, 0.2) is 71.1 Å². The minimum absolute atomic E-state index is 0.280. The van der Waals surface area contributed by atoms with Gasteiger partial charge in [0.1, 0.15) is 10.9 Å². The summed E-state index contributed by atoms with van der Waals surface area (Å²) < 4.78 is 5.99. The van der Waals surface area contributed by atoms with Gasteiger partial charge in [-0.2, -0.15) is 0 Å². The number of benzene rings is 2. The maximum absolute atomic E-state index is 13.5. The number of hydrogen-bond acceptors (Lipinski definition) is 6. The molecule has 8 heteroatoms. The van der Waals surface area contributed by atoms with Crippen LogP contribution in [0, 0.1) is 0 Å². The third-order valence-electron chi connectivity index (χ3n) is 4.96. The van der Waals surface area contributed by atoms with Crippen LogP contribution in [0.25, 0.3) is 21.3 Å². The number of methoxy groups -OCH3 is 1. The predicted molar refractivity (Wildman–Crippen MR) is 121 cm³/mol. The molecule has 0 aliphatic rings. The van der Waals surface area contributed by atoms with Crippen LogP contribution in [0.1, 0.15) is 22.8 Å². The average molecular weight is 453 g/mol. The van der Waals surface area contributed by atoms with Gasteiger partial charge in [-0.3, -0.25) is 19.0 Å². The quantitative estimate of drug-likeness (QED) is 0.311. The van der Waals surface area contributed by atoms with E-state index >= 15 is 0 Å². The predicted octanol–water partition coefficient (Wildman–Crippen LogP) is 4.77. The highest BCUT2D eigenvalue weighted by Gasteiger charge is 2.28. The van der Waals surface area contributed by atoms with E-state index < -0.39 is 17.6 Å². The SMILES string of the molecule is COC(=O)CC(C(=O)c1ccccc1)n1cnc2scc(-c3ccc(Cl)cc3)c2c1=O. The fourth-order valence-corrected chi connectivity index (χ4v) is 4.40. The molecule has 2 heterocycles. The van der Waals surface area contributed by atoms with Crippen LogP contribution in [-0.2, 0) is 9.53 Å². The summed E-state index contributed by atoms with van der Waals surface area (Å²) in [5.41, 5.74) is 1.51. The third kappa shape index (κ3) is 4.15. The van der Waals surface area contributed by atoms with Crippen molar-refractivity contribution < 1.29 is 14.3 Å². The number of halogens is 1. The Bertz CT molecular complexity index is 1310. The Kier molecular flexibility index (Phi) is 5.97. The summed E-state index contributed by atoms with van der Waals surface area (Å²) in [6.07, 6.45) is 1.04. The molecule has 1 unspecified atom stereocenters. The summed E-state index contributed by atoms with van der Waals surface area (Å²) in [6.45, 7) is 0. The summed E-state index contributed by atoms with van der Waals surface area (Å²) in [4.78, 5) is 43.7. The summed E-state index contributed by atoms with van der Waals surface area (Å²) in [5.74, 6) is -0.956. The van der Waals surface area contributed by atoms with Crippen molar-refractivity contribution >= 4 is 44.9 Å². The maximum atomic E-state index is 13.5. The van der Waals surface area contributed by atoms with E-state index in [1.54, 1.807) is 42.5 Å². The van der Waals surface area contributed by atoms with Crippen LogP contribution < -0.4 is 5.56 Å². The van der Waals surface area contributed by atoms with Gasteiger partial charge in [0.2, 0.25) is 0 Å². The summed E-state index contributed by atoms with van der Waals surface area (Å²) in [6, 6.07) is 14.6. The van der Waals surface area contributed by atoms with E-state index in [0.29, 0.717) is 26.4 Å². The van der Waals surface area contributed by atoms with Crippen molar-refractivity contribution in [2.24, 2.45) is 0 Å². The molecule has 156 valence electrons. The Hall–Kier alpha value is -3.29. The summed E-state index contributed by atoms with van der Waals surface area (Å²) >= 11 is 7.32. The lowest BCUT2D eigenvalue weighted by atomic mass is 10.0. The molecule has 0 radical (unpaired) electrons. The number of carbonyl (C=O) groups excluding carboxylic acids is 2. The molecule has 0 saturated carbocycles. The largest absolute Gasteiger partial charge is 0.469 e. The second-order valence-corrected chi connectivity index (χ2v) is 8.11. The number of fused-ring (bicyclic) bond motifs is 1. The number of carbonyl (C=O) groups is 2. The second-order valence-electron chi connectivity index (χ2n) is 6.82. The van der Waals surface area contributed by atoms with E-state index in [-0.39, 0.29) is 12.2 Å². The number of esters is 1. The fourth-order valence-electron chi connectivity index (χ4n) is 3.36. The zero-order valence-electron chi connectivity index (χ0n) is 16.4. The molecule has 0 amide bonds. The number of hydrogen-bond donors (Lipinski definition) is 0. The Morgan fingerprint density at radius 2 is 1.84 bits per heavy atom. The van der Waals surface area contributed by atoms with Crippen LogP contribution in [0.4, 0.5) is 0 Å². The van der Waals surface area contributed by atoms with Gasteiger partial charge < -0.3 is 4.74 Å². The molecule has 4 rings (SSSR count). The Labute approximate surface area is 186 Å². The van der Waals surface area contributed by atoms with Gasteiger partial charge >= 0.3 is 5.97 Å². The molecule has 2 aromatic heterocycles. The molecular formula is C23H17ClN2O4S. The van der Waals surface area contributed by atoms with E-state index in [1.165, 1.54) is 29.3 Å². The van der Waals surface area contributed by atoms with E-state index in [0.717, 1.165) is 5.56 Å². The van der Waals surface area contributed by atoms with Crippen molar-refractivity contribution in [3.63, 3.8) is 0 Å². The van der Waals surface area contributed by atoms with Crippen LogP contribution in [0.5, 0.6) is 0 Å². The Morgan fingerprint density at radius 1 is 1.13 bits per heavy atom. The highest BCUT2D eigenvalue weighted by Crippen LogP contribution is 2.32. The monoisotopic (exact) mass is 452 g/mol. The third-order valence-corrected chi connectivity index (χ3v) is 6.10. The van der Waals surface area contributed by atoms with E-state index in [2.05, 4.69) is 4.98 Å². The van der Waals surface area contributed by atoms with Gasteiger partial charge in [0, 0.05) is 21.5 Å². The van der Waals surface area contributed by atoms with Crippen LogP contribution in [0.2, 0.25) is 5.02 Å². The standard InChI is InChI=1S/C23H17ClN2O4S/c1-30-19(27)11-18(21(28)15-5-3-2-4-6-15)26-13-25-22-20(23(26)29)17(12-31-22)14-7-9-16(24)10-8-14/h2-10,12-13,18H,11H2,1H3. The highest BCUT2D eigenvalue weighted by atomic mass is 35.5. The maximum Gasteiger partial charge on any atom is 0.308 e. The first-order chi connectivity index (χ1) is 15.0. The molecule has 0 bridgehead atoms. The first-order valence-electron chi connectivity index (χ1n) is 9.40. The molecule has 0 fully saturated rings. The smallest absolute Gasteiger partial charge is 0.308 e. The van der Waals surface area contributed by atoms with E-state index in [4.69, 9.17) is 16.3 Å². The Balaban J connectivity index is 1.87. The number of aromatic nitrogens is 2. The lowest BCUT2D eigenvalue weighted by Crippen LogP contribution is -2.32. The normalized spacial score (nSPS) is 11.9. The van der Waals surface area contributed by atoms with Crippen molar-refractivity contribution in [1.29, 1.82) is 0 Å². The van der Waals surface area contributed by atoms with Gasteiger partial charge in [-0.05, 0) is 17.7 Å². The molecule has 31 heavy (non-hydrogen) atoms. The van der Waals surface area contributed by atoms with Gasteiger partial charge in [0.25, 0.3) is 5.56 Å². The van der Waals surface area contributed by atoms with Crippen molar-refractivity contribution in [3.8, 4) is 11.1 Å². The first-order valence-corrected chi connectivity index (χ1v) is 10.7. The van der Waals surface area contributed by atoms with Crippen molar-refractivity contribution in [2.75, 3.05) is 7.11 Å². The second kappa shape index (κ2) is 8.83. The summed E-state index contributed by atoms with van der Waals surface area (Å²) in [5, 5.41) is 2.83. The van der Waals surface area contributed by atoms with Crippen LogP contribution in [0.3, 0.4) is 0 Å². The Morgan fingerprint density at radius 3 is 2.52 bits per heavy atom. The molecule has 4 aromatic rings. The minimum atomic E-state index is -1.07. The van der Waals surface area contributed by atoms with Gasteiger partial charge in [0.05, 0.1) is 25.2 Å². The topological polar surface area (TPSA) is 78.3 Å². The van der Waals surface area contributed by atoms with Gasteiger partial charge in [-0.25, -0.2) is 4.98 Å². The molecule has 6 nitrogen and oxygen atoms in total. The van der Waals surface area contributed by atoms with Crippen LogP contribution >= 0.6 is 22.9 Å². The number of rotatable bonds is 6. The number of Topliss-reactive ketones (excluding diaryl/α,β-unsaturated/α-hetero) is 1. The lowest BCUT2D eigenvalue weighted by molar-refractivity contribution is -0.141. The molecule has 2 aromatic carbocycles. The summed E-state index contributed by atoms with van der Waals surface area (Å²) in [7, 11) is 1.24. The number of ketones is 1. The fraction of sp³-hybridized carbons (Fsp3) is 0.130. The minimum Gasteiger partial charge on any atom is -0.469 e. The van der Waals surface area contributed by atoms with Crippen molar-refractivity contribution in [1.82, 2.24) is 9.55 Å². The van der Waals surface area contributed by atoms with Gasteiger partial charge in [-0.15, -0.1) is 11.3 Å². The van der Waals surface area contributed by atoms with Gasteiger partial charge in [-0.1, -0.05) is 54.1 Å². The molecular weight excluding hydrogens is 436 g/mol. The lowest BCUT2D eigenvalue weighted by Gasteiger charge is -2.18. The molecule has 0 N–H and O–H groups in total.